The van der Waals surface area contributed by atoms with Gasteiger partial charge in [-0.25, -0.2) is 4.98 Å². The first kappa shape index (κ1) is 17.9. The highest BCUT2D eigenvalue weighted by Crippen LogP contribution is 2.16. The first-order chi connectivity index (χ1) is 11.6. The number of unbranched alkanes of at least 4 members (excludes halogenated alkanes) is 2. The molecular weight excluding hydrogens is 324 g/mol. The maximum atomic E-state index is 12.0. The molecular formula is C17H22N4O2S. The highest BCUT2D eigenvalue weighted by molar-refractivity contribution is 7.80. The molecule has 0 unspecified atom stereocenters. The smallest absolute Gasteiger partial charge is 0.293 e. The monoisotopic (exact) mass is 346 g/mol. The number of carbonyl (C=O) groups excluding carboxylic acids is 1. The molecule has 0 saturated carbocycles. The summed E-state index contributed by atoms with van der Waals surface area (Å²) in [6.07, 6.45) is 6.66. The second-order valence-electron chi connectivity index (χ2n) is 5.35. The number of carbonyl (C=O) groups is 1. The number of benzene rings is 1. The summed E-state index contributed by atoms with van der Waals surface area (Å²) in [7, 11) is 1.75. The first-order valence-corrected chi connectivity index (χ1v) is 8.33. The maximum Gasteiger partial charge on any atom is 0.293 e. The van der Waals surface area contributed by atoms with Crippen LogP contribution in [0.5, 0.6) is 5.75 Å². The van der Waals surface area contributed by atoms with Crippen LogP contribution in [0.4, 0.5) is 5.69 Å². The number of hydrogen-bond acceptors (Lipinski definition) is 4. The van der Waals surface area contributed by atoms with E-state index in [4.69, 9.17) is 17.0 Å². The van der Waals surface area contributed by atoms with Gasteiger partial charge in [-0.3, -0.25) is 10.1 Å². The topological polar surface area (TPSA) is 68.2 Å². The molecule has 24 heavy (non-hydrogen) atoms. The average molecular weight is 346 g/mol. The van der Waals surface area contributed by atoms with Crippen molar-refractivity contribution in [1.82, 2.24) is 14.9 Å². The van der Waals surface area contributed by atoms with Gasteiger partial charge in [-0.1, -0.05) is 19.8 Å². The van der Waals surface area contributed by atoms with Gasteiger partial charge in [0.15, 0.2) is 10.9 Å². The van der Waals surface area contributed by atoms with Crippen LogP contribution in [-0.4, -0.2) is 27.2 Å². The molecule has 0 aliphatic rings. The Morgan fingerprint density at radius 1 is 1.29 bits per heavy atom. The van der Waals surface area contributed by atoms with Crippen molar-refractivity contribution in [2.75, 3.05) is 11.9 Å². The van der Waals surface area contributed by atoms with Crippen molar-refractivity contribution in [3.63, 3.8) is 0 Å². The molecule has 0 atom stereocenters. The zero-order valence-electron chi connectivity index (χ0n) is 13.9. The fourth-order valence-corrected chi connectivity index (χ4v) is 2.29. The Labute approximate surface area is 147 Å². The lowest BCUT2D eigenvalue weighted by atomic mass is 10.2. The molecule has 0 spiro atoms. The van der Waals surface area contributed by atoms with Gasteiger partial charge < -0.3 is 14.6 Å². The molecule has 6 nitrogen and oxygen atoms in total. The number of nitrogens with one attached hydrogen (secondary N) is 2. The van der Waals surface area contributed by atoms with Gasteiger partial charge in [-0.05, 0) is 42.9 Å². The SMILES string of the molecule is CCCCCOc1ccc(NC(=S)NC(=O)c2nccn2C)cc1. The Morgan fingerprint density at radius 3 is 2.67 bits per heavy atom. The number of hydrogen-bond donors (Lipinski definition) is 2. The summed E-state index contributed by atoms with van der Waals surface area (Å²) in [5.74, 6) is 0.769. The molecule has 2 N–H and O–H groups in total. The molecule has 0 saturated heterocycles. The van der Waals surface area contributed by atoms with E-state index in [-0.39, 0.29) is 11.0 Å². The van der Waals surface area contributed by atoms with Crippen molar-refractivity contribution in [2.45, 2.75) is 26.2 Å². The average Bonchev–Trinajstić information content (AvgIpc) is 2.99. The number of amides is 1. The Bertz CT molecular complexity index is 682. The number of aromatic nitrogens is 2. The van der Waals surface area contributed by atoms with Crippen molar-refractivity contribution in [3.8, 4) is 5.75 Å². The van der Waals surface area contributed by atoms with E-state index in [9.17, 15) is 4.79 Å². The first-order valence-electron chi connectivity index (χ1n) is 7.92. The standard InChI is InChI=1S/C17H22N4O2S/c1-3-4-5-12-23-14-8-6-13(7-9-14)19-17(24)20-16(22)15-18-10-11-21(15)2/h6-11H,3-5,12H2,1-2H3,(H2,19,20,22,24). The summed E-state index contributed by atoms with van der Waals surface area (Å²) in [5, 5.41) is 5.79. The number of nitrogens with zero attached hydrogens (tertiary/aromatic N) is 2. The molecule has 128 valence electrons. The quantitative estimate of drug-likeness (QED) is 0.595. The van der Waals surface area contributed by atoms with Gasteiger partial charge in [0, 0.05) is 25.1 Å². The predicted molar refractivity (Wildman–Crippen MR) is 98.4 cm³/mol. The Balaban J connectivity index is 1.81. The molecule has 1 heterocycles. The van der Waals surface area contributed by atoms with E-state index < -0.39 is 0 Å². The van der Waals surface area contributed by atoms with E-state index >= 15 is 0 Å². The molecule has 1 aromatic heterocycles. The molecule has 2 rings (SSSR count). The second-order valence-corrected chi connectivity index (χ2v) is 5.76. The highest BCUT2D eigenvalue weighted by atomic mass is 32.1. The summed E-state index contributed by atoms with van der Waals surface area (Å²) >= 11 is 5.15. The third kappa shape index (κ3) is 5.34. The number of ether oxygens (including phenoxy) is 1. The van der Waals surface area contributed by atoms with Gasteiger partial charge in [0.1, 0.15) is 5.75 Å². The van der Waals surface area contributed by atoms with E-state index in [0.29, 0.717) is 5.82 Å². The van der Waals surface area contributed by atoms with E-state index in [0.717, 1.165) is 24.5 Å². The normalized spacial score (nSPS) is 10.2. The zero-order valence-corrected chi connectivity index (χ0v) is 14.7. The molecule has 0 bridgehead atoms. The highest BCUT2D eigenvalue weighted by Gasteiger charge is 2.12. The lowest BCUT2D eigenvalue weighted by Crippen LogP contribution is -2.35. The van der Waals surface area contributed by atoms with Gasteiger partial charge in [-0.2, -0.15) is 0 Å². The van der Waals surface area contributed by atoms with Crippen LogP contribution in [0.2, 0.25) is 0 Å². The fourth-order valence-electron chi connectivity index (χ4n) is 2.08. The van der Waals surface area contributed by atoms with Crippen molar-refractivity contribution in [1.29, 1.82) is 0 Å². The summed E-state index contributed by atoms with van der Waals surface area (Å²) in [6.45, 7) is 2.88. The minimum Gasteiger partial charge on any atom is -0.494 e. The maximum absolute atomic E-state index is 12.0. The molecule has 1 aromatic carbocycles. The fraction of sp³-hybridized carbons (Fsp3) is 0.353. The van der Waals surface area contributed by atoms with Crippen LogP contribution in [0.1, 0.15) is 36.8 Å². The third-order valence-corrected chi connectivity index (χ3v) is 3.58. The molecule has 0 aliphatic heterocycles. The minimum atomic E-state index is -0.351. The molecule has 7 heteroatoms. The van der Waals surface area contributed by atoms with Crippen LogP contribution in [0.25, 0.3) is 0 Å². The summed E-state index contributed by atoms with van der Waals surface area (Å²) < 4.78 is 7.28. The van der Waals surface area contributed by atoms with Crippen LogP contribution in [0, 0.1) is 0 Å². The number of rotatable bonds is 7. The molecule has 2 aromatic rings. The van der Waals surface area contributed by atoms with Crippen molar-refractivity contribution in [2.24, 2.45) is 7.05 Å². The molecule has 0 radical (unpaired) electrons. The van der Waals surface area contributed by atoms with Crippen LogP contribution in [0.3, 0.4) is 0 Å². The Kier molecular flexibility index (Phi) is 6.74. The summed E-state index contributed by atoms with van der Waals surface area (Å²) in [6, 6.07) is 7.46. The van der Waals surface area contributed by atoms with Gasteiger partial charge in [-0.15, -0.1) is 0 Å². The third-order valence-electron chi connectivity index (χ3n) is 3.38. The summed E-state index contributed by atoms with van der Waals surface area (Å²) in [5.41, 5.74) is 0.779. The van der Waals surface area contributed by atoms with Gasteiger partial charge >= 0.3 is 0 Å². The van der Waals surface area contributed by atoms with Gasteiger partial charge in [0.2, 0.25) is 0 Å². The van der Waals surface area contributed by atoms with Crippen LogP contribution in [-0.2, 0) is 7.05 Å². The number of aryl methyl sites for hydroxylation is 1. The predicted octanol–water partition coefficient (Wildman–Crippen LogP) is 3.12. The minimum absolute atomic E-state index is 0.222. The molecule has 1 amide bonds. The largest absolute Gasteiger partial charge is 0.494 e. The van der Waals surface area contributed by atoms with Crippen molar-refractivity contribution in [3.05, 3.63) is 42.5 Å². The Morgan fingerprint density at radius 2 is 2.04 bits per heavy atom. The van der Waals surface area contributed by atoms with Gasteiger partial charge in [0.05, 0.1) is 6.61 Å². The van der Waals surface area contributed by atoms with E-state index in [1.165, 1.54) is 12.8 Å². The van der Waals surface area contributed by atoms with Gasteiger partial charge in [0.25, 0.3) is 5.91 Å². The lowest BCUT2D eigenvalue weighted by molar-refractivity contribution is 0.0964. The summed E-state index contributed by atoms with van der Waals surface area (Å²) in [4.78, 5) is 16.0. The van der Waals surface area contributed by atoms with E-state index in [1.54, 1.807) is 24.0 Å². The van der Waals surface area contributed by atoms with Crippen LogP contribution in [0.15, 0.2) is 36.7 Å². The molecule has 0 aliphatic carbocycles. The Hall–Kier alpha value is -2.41. The van der Waals surface area contributed by atoms with Crippen molar-refractivity contribution < 1.29 is 9.53 Å². The number of thiocarbonyl (C=S) groups is 1. The zero-order chi connectivity index (χ0) is 17.4. The number of anilines is 1. The molecule has 0 fully saturated rings. The van der Waals surface area contributed by atoms with Crippen molar-refractivity contribution >= 4 is 28.9 Å². The van der Waals surface area contributed by atoms with E-state index in [1.807, 2.05) is 24.3 Å². The van der Waals surface area contributed by atoms with E-state index in [2.05, 4.69) is 22.5 Å². The van der Waals surface area contributed by atoms with Crippen LogP contribution < -0.4 is 15.4 Å². The number of imidazole rings is 1. The second kappa shape index (κ2) is 9.02. The lowest BCUT2D eigenvalue weighted by Gasteiger charge is -2.10. The van der Waals surface area contributed by atoms with Crippen LogP contribution >= 0.6 is 12.2 Å².